The summed E-state index contributed by atoms with van der Waals surface area (Å²) < 4.78 is 20.6. The molecule has 4 rings (SSSR count). The third kappa shape index (κ3) is 4.09. The second kappa shape index (κ2) is 8.18. The van der Waals surface area contributed by atoms with Crippen molar-refractivity contribution in [2.45, 2.75) is 11.4 Å². The molecule has 136 valence electrons. The number of thioether (sulfide) groups is 1. The van der Waals surface area contributed by atoms with Crippen molar-refractivity contribution in [1.82, 2.24) is 19.7 Å². The fourth-order valence-corrected chi connectivity index (χ4v) is 3.52. The van der Waals surface area contributed by atoms with Gasteiger partial charge in [-0.05, 0) is 42.8 Å². The van der Waals surface area contributed by atoms with Crippen LogP contribution >= 0.6 is 11.8 Å². The highest BCUT2D eigenvalue weighted by atomic mass is 32.2. The predicted molar refractivity (Wildman–Crippen MR) is 104 cm³/mol. The highest BCUT2D eigenvalue weighted by molar-refractivity contribution is 7.99. The average molecular weight is 380 g/mol. The van der Waals surface area contributed by atoms with Crippen LogP contribution in [-0.2, 0) is 0 Å². The lowest BCUT2D eigenvalue weighted by Crippen LogP contribution is -1.99. The third-order valence-corrected chi connectivity index (χ3v) is 5.03. The molecular formula is C20H17FN4OS. The van der Waals surface area contributed by atoms with Crippen LogP contribution in [0.5, 0.6) is 5.75 Å². The standard InChI is InChI=1S/C20H17FN4OS/c21-15-7-9-16(10-8-15)25-19-18(13-24-25)20(23-14-22-19)27-12-4-11-26-17-5-2-1-3-6-17/h1-3,5-10,13-14H,4,11-12H2. The monoisotopic (exact) mass is 380 g/mol. The van der Waals surface area contributed by atoms with E-state index in [-0.39, 0.29) is 5.82 Å². The fourth-order valence-electron chi connectivity index (χ4n) is 2.64. The lowest BCUT2D eigenvalue weighted by atomic mass is 10.3. The summed E-state index contributed by atoms with van der Waals surface area (Å²) in [4.78, 5) is 8.72. The minimum absolute atomic E-state index is 0.279. The van der Waals surface area contributed by atoms with E-state index in [0.717, 1.165) is 34.0 Å². The van der Waals surface area contributed by atoms with Gasteiger partial charge in [0.1, 0.15) is 22.9 Å². The summed E-state index contributed by atoms with van der Waals surface area (Å²) in [5.41, 5.74) is 1.47. The first-order valence-electron chi connectivity index (χ1n) is 8.56. The van der Waals surface area contributed by atoms with Crippen molar-refractivity contribution in [2.24, 2.45) is 0 Å². The molecule has 0 N–H and O–H groups in total. The molecule has 7 heteroatoms. The van der Waals surface area contributed by atoms with E-state index in [4.69, 9.17) is 4.74 Å². The first-order valence-corrected chi connectivity index (χ1v) is 9.55. The average Bonchev–Trinajstić information content (AvgIpc) is 3.14. The minimum atomic E-state index is -0.279. The molecule has 0 fully saturated rings. The molecule has 0 aliphatic carbocycles. The van der Waals surface area contributed by atoms with Crippen LogP contribution in [0.3, 0.4) is 0 Å². The number of aromatic nitrogens is 4. The summed E-state index contributed by atoms with van der Waals surface area (Å²) in [6.45, 7) is 0.653. The zero-order chi connectivity index (χ0) is 18.5. The Balaban J connectivity index is 1.41. The van der Waals surface area contributed by atoms with Gasteiger partial charge in [0.15, 0.2) is 5.65 Å². The van der Waals surface area contributed by atoms with Gasteiger partial charge in [-0.2, -0.15) is 5.10 Å². The van der Waals surface area contributed by atoms with Gasteiger partial charge in [-0.15, -0.1) is 11.8 Å². The van der Waals surface area contributed by atoms with E-state index in [1.807, 2.05) is 30.3 Å². The number of halogens is 1. The van der Waals surface area contributed by atoms with E-state index in [1.54, 1.807) is 34.8 Å². The molecule has 0 aliphatic rings. The van der Waals surface area contributed by atoms with Gasteiger partial charge < -0.3 is 4.74 Å². The zero-order valence-corrected chi connectivity index (χ0v) is 15.3. The largest absolute Gasteiger partial charge is 0.494 e. The van der Waals surface area contributed by atoms with E-state index >= 15 is 0 Å². The summed E-state index contributed by atoms with van der Waals surface area (Å²) >= 11 is 1.65. The van der Waals surface area contributed by atoms with E-state index in [0.29, 0.717) is 12.3 Å². The molecule has 2 heterocycles. The summed E-state index contributed by atoms with van der Waals surface area (Å²) in [6.07, 6.45) is 4.19. The molecule has 0 atom stereocenters. The number of benzene rings is 2. The topological polar surface area (TPSA) is 52.8 Å². The lowest BCUT2D eigenvalue weighted by molar-refractivity contribution is 0.318. The molecular weight excluding hydrogens is 363 g/mol. The molecule has 0 aliphatic heterocycles. The normalized spacial score (nSPS) is 11.0. The Morgan fingerprint density at radius 2 is 1.81 bits per heavy atom. The second-order valence-corrected chi connectivity index (χ2v) is 6.90. The maximum absolute atomic E-state index is 13.1. The molecule has 2 aromatic carbocycles. The molecule has 27 heavy (non-hydrogen) atoms. The van der Waals surface area contributed by atoms with Crippen LogP contribution in [0.2, 0.25) is 0 Å². The Hall–Kier alpha value is -2.93. The third-order valence-electron chi connectivity index (χ3n) is 3.94. The number of rotatable bonds is 7. The smallest absolute Gasteiger partial charge is 0.167 e. The van der Waals surface area contributed by atoms with Gasteiger partial charge in [-0.3, -0.25) is 0 Å². The number of fused-ring (bicyclic) bond motifs is 1. The minimum Gasteiger partial charge on any atom is -0.494 e. The van der Waals surface area contributed by atoms with Gasteiger partial charge in [-0.1, -0.05) is 18.2 Å². The first kappa shape index (κ1) is 17.5. The zero-order valence-electron chi connectivity index (χ0n) is 14.5. The van der Waals surface area contributed by atoms with E-state index in [2.05, 4.69) is 15.1 Å². The molecule has 4 aromatic rings. The number of nitrogens with zero attached hydrogens (tertiary/aromatic N) is 4. The maximum atomic E-state index is 13.1. The van der Waals surface area contributed by atoms with Crippen molar-refractivity contribution >= 4 is 22.8 Å². The Bertz CT molecular complexity index is 1020. The van der Waals surface area contributed by atoms with Crippen molar-refractivity contribution in [3.63, 3.8) is 0 Å². The summed E-state index contributed by atoms with van der Waals surface area (Å²) in [6, 6.07) is 16.0. The summed E-state index contributed by atoms with van der Waals surface area (Å²) in [7, 11) is 0. The van der Waals surface area contributed by atoms with Crippen molar-refractivity contribution in [1.29, 1.82) is 0 Å². The molecule has 0 radical (unpaired) electrons. The molecule has 0 bridgehead atoms. The molecule has 5 nitrogen and oxygen atoms in total. The van der Waals surface area contributed by atoms with Gasteiger partial charge in [0.2, 0.25) is 0 Å². The quantitative estimate of drug-likeness (QED) is 0.268. The Morgan fingerprint density at radius 3 is 2.63 bits per heavy atom. The van der Waals surface area contributed by atoms with Crippen LogP contribution in [0, 0.1) is 5.82 Å². The number of hydrogen-bond acceptors (Lipinski definition) is 5. The van der Waals surface area contributed by atoms with Crippen molar-refractivity contribution < 1.29 is 9.13 Å². The lowest BCUT2D eigenvalue weighted by Gasteiger charge is -2.06. The van der Waals surface area contributed by atoms with Crippen LogP contribution in [0.25, 0.3) is 16.7 Å². The summed E-state index contributed by atoms with van der Waals surface area (Å²) in [5.74, 6) is 1.48. The van der Waals surface area contributed by atoms with Crippen LogP contribution in [0.4, 0.5) is 4.39 Å². The predicted octanol–water partition coefficient (Wildman–Crippen LogP) is 4.52. The molecule has 2 aromatic heterocycles. The van der Waals surface area contributed by atoms with Crippen molar-refractivity contribution in [2.75, 3.05) is 12.4 Å². The fraction of sp³-hybridized carbons (Fsp3) is 0.150. The Kier molecular flexibility index (Phi) is 5.29. The highest BCUT2D eigenvalue weighted by Gasteiger charge is 2.11. The Labute approximate surface area is 160 Å². The molecule has 0 spiro atoms. The number of para-hydroxylation sites is 1. The number of ether oxygens (including phenoxy) is 1. The van der Waals surface area contributed by atoms with E-state index in [1.165, 1.54) is 18.5 Å². The van der Waals surface area contributed by atoms with Crippen molar-refractivity contribution in [3.05, 3.63) is 72.9 Å². The van der Waals surface area contributed by atoms with Crippen molar-refractivity contribution in [3.8, 4) is 11.4 Å². The van der Waals surface area contributed by atoms with Crippen LogP contribution in [-0.4, -0.2) is 32.1 Å². The molecule has 0 saturated carbocycles. The molecule has 0 saturated heterocycles. The SMILES string of the molecule is Fc1ccc(-n2ncc3c(SCCCOc4ccccc4)ncnc32)cc1. The van der Waals surface area contributed by atoms with Crippen LogP contribution in [0.1, 0.15) is 6.42 Å². The summed E-state index contributed by atoms with van der Waals surface area (Å²) in [5, 5.41) is 6.16. The highest BCUT2D eigenvalue weighted by Crippen LogP contribution is 2.26. The maximum Gasteiger partial charge on any atom is 0.167 e. The number of hydrogen-bond donors (Lipinski definition) is 0. The Morgan fingerprint density at radius 1 is 1.00 bits per heavy atom. The second-order valence-electron chi connectivity index (χ2n) is 5.81. The first-order chi connectivity index (χ1) is 13.3. The van der Waals surface area contributed by atoms with Crippen LogP contribution < -0.4 is 4.74 Å². The van der Waals surface area contributed by atoms with Gasteiger partial charge in [0.05, 0.1) is 23.9 Å². The van der Waals surface area contributed by atoms with Crippen LogP contribution in [0.15, 0.2) is 72.1 Å². The van der Waals surface area contributed by atoms with E-state index < -0.39 is 0 Å². The molecule has 0 unspecified atom stereocenters. The van der Waals surface area contributed by atoms with E-state index in [9.17, 15) is 4.39 Å². The van der Waals surface area contributed by atoms with Gasteiger partial charge in [0, 0.05) is 5.75 Å². The molecule has 0 amide bonds. The van der Waals surface area contributed by atoms with Gasteiger partial charge >= 0.3 is 0 Å². The van der Waals surface area contributed by atoms with Gasteiger partial charge in [-0.25, -0.2) is 19.0 Å². The van der Waals surface area contributed by atoms with Gasteiger partial charge in [0.25, 0.3) is 0 Å².